The molecule has 4 heteroatoms. The van der Waals surface area contributed by atoms with Crippen LogP contribution < -0.4 is 0 Å². The molecule has 1 aromatic heterocycles. The van der Waals surface area contributed by atoms with Crippen molar-refractivity contribution in [3.05, 3.63) is 74.2 Å². The fourth-order valence-corrected chi connectivity index (χ4v) is 5.34. The standard InChI is InChI=1S/C27H31FN2S/c1-5-30(4)17-29-26-15-25(28)23(12-18(26)2)14-27-19(3)24(16-31-27)22-11-10-20-8-6-7-9-21(20)13-22/h10-13,15-17H,5-9,14H2,1-4H3. The molecule has 0 fully saturated rings. The van der Waals surface area contributed by atoms with Crippen LogP contribution in [0.3, 0.4) is 0 Å². The fraction of sp³-hybridized carbons (Fsp3) is 0.370. The van der Waals surface area contributed by atoms with Gasteiger partial charge in [0.15, 0.2) is 0 Å². The van der Waals surface area contributed by atoms with Crippen LogP contribution >= 0.6 is 11.3 Å². The Hall–Kier alpha value is -2.46. The van der Waals surface area contributed by atoms with Crippen LogP contribution in [0.2, 0.25) is 0 Å². The molecule has 2 nitrogen and oxygen atoms in total. The Morgan fingerprint density at radius 1 is 1.10 bits per heavy atom. The van der Waals surface area contributed by atoms with Gasteiger partial charge in [0.1, 0.15) is 5.82 Å². The minimum atomic E-state index is -0.181. The number of aryl methyl sites for hydroxylation is 3. The van der Waals surface area contributed by atoms with Crippen LogP contribution in [-0.2, 0) is 19.3 Å². The van der Waals surface area contributed by atoms with E-state index in [1.54, 1.807) is 23.7 Å². The molecule has 0 N–H and O–H groups in total. The van der Waals surface area contributed by atoms with E-state index in [9.17, 15) is 4.39 Å². The molecule has 4 rings (SSSR count). The van der Waals surface area contributed by atoms with Crippen LogP contribution in [0.15, 0.2) is 40.7 Å². The van der Waals surface area contributed by atoms with Crippen molar-refractivity contribution in [2.24, 2.45) is 4.99 Å². The molecular formula is C27H31FN2S. The summed E-state index contributed by atoms with van der Waals surface area (Å²) in [5, 5.41) is 2.24. The predicted octanol–water partition coefficient (Wildman–Crippen LogP) is 7.25. The van der Waals surface area contributed by atoms with E-state index in [1.807, 2.05) is 24.9 Å². The molecular weight excluding hydrogens is 403 g/mol. The van der Waals surface area contributed by atoms with Crippen LogP contribution in [0, 0.1) is 19.7 Å². The molecule has 2 aromatic carbocycles. The highest BCUT2D eigenvalue weighted by Gasteiger charge is 2.16. The Labute approximate surface area is 189 Å². The van der Waals surface area contributed by atoms with Crippen LogP contribution in [0.5, 0.6) is 0 Å². The molecule has 3 aromatic rings. The van der Waals surface area contributed by atoms with Crippen molar-refractivity contribution in [2.75, 3.05) is 13.6 Å². The number of rotatable bonds is 6. The molecule has 0 bridgehead atoms. The maximum absolute atomic E-state index is 14.9. The predicted molar refractivity (Wildman–Crippen MR) is 132 cm³/mol. The Balaban J connectivity index is 1.58. The Morgan fingerprint density at radius 3 is 2.65 bits per heavy atom. The Bertz CT molecular complexity index is 1110. The zero-order chi connectivity index (χ0) is 22.0. The van der Waals surface area contributed by atoms with Gasteiger partial charge in [-0.2, -0.15) is 0 Å². The van der Waals surface area contributed by atoms with Gasteiger partial charge in [-0.15, -0.1) is 11.3 Å². The van der Waals surface area contributed by atoms with E-state index < -0.39 is 0 Å². The van der Waals surface area contributed by atoms with E-state index in [2.05, 4.69) is 42.4 Å². The van der Waals surface area contributed by atoms with Gasteiger partial charge in [-0.25, -0.2) is 9.38 Å². The van der Waals surface area contributed by atoms with Gasteiger partial charge in [0.25, 0.3) is 0 Å². The van der Waals surface area contributed by atoms with Gasteiger partial charge in [-0.3, -0.25) is 0 Å². The molecule has 0 saturated heterocycles. The number of aliphatic imine (C=N–C) groups is 1. The Morgan fingerprint density at radius 2 is 1.87 bits per heavy atom. The van der Waals surface area contributed by atoms with Gasteiger partial charge in [0.2, 0.25) is 0 Å². The molecule has 0 unspecified atom stereocenters. The molecule has 0 spiro atoms. The highest BCUT2D eigenvalue weighted by molar-refractivity contribution is 7.10. The number of thiophene rings is 1. The van der Waals surface area contributed by atoms with E-state index in [0.29, 0.717) is 12.1 Å². The molecule has 0 amide bonds. The normalized spacial score (nSPS) is 13.6. The number of nitrogens with zero attached hydrogens (tertiary/aromatic N) is 2. The number of hydrogen-bond donors (Lipinski definition) is 0. The van der Waals surface area contributed by atoms with Crippen LogP contribution in [0.1, 0.15) is 52.5 Å². The fourth-order valence-electron chi connectivity index (χ4n) is 4.24. The monoisotopic (exact) mass is 434 g/mol. The summed E-state index contributed by atoms with van der Waals surface area (Å²) in [5.74, 6) is -0.181. The van der Waals surface area contributed by atoms with Gasteiger partial charge in [0.05, 0.1) is 12.0 Å². The first-order chi connectivity index (χ1) is 15.0. The lowest BCUT2D eigenvalue weighted by atomic mass is 9.89. The van der Waals surface area contributed by atoms with Crippen molar-refractivity contribution >= 4 is 23.4 Å². The van der Waals surface area contributed by atoms with E-state index in [0.717, 1.165) is 17.7 Å². The summed E-state index contributed by atoms with van der Waals surface area (Å²) in [6, 6.07) is 10.5. The van der Waals surface area contributed by atoms with Crippen LogP contribution in [0.4, 0.5) is 10.1 Å². The summed E-state index contributed by atoms with van der Waals surface area (Å²) >= 11 is 1.74. The summed E-state index contributed by atoms with van der Waals surface area (Å²) < 4.78 is 14.9. The van der Waals surface area contributed by atoms with Gasteiger partial charge in [-0.1, -0.05) is 24.3 Å². The second-order valence-corrected chi connectivity index (χ2v) is 9.58. The van der Waals surface area contributed by atoms with Crippen LogP contribution in [-0.4, -0.2) is 24.8 Å². The minimum absolute atomic E-state index is 0.181. The molecule has 1 aliphatic rings. The number of benzene rings is 2. The molecule has 0 saturated carbocycles. The van der Waals surface area contributed by atoms with E-state index in [-0.39, 0.29) is 5.82 Å². The first-order valence-corrected chi connectivity index (χ1v) is 12.1. The first kappa shape index (κ1) is 21.8. The third kappa shape index (κ3) is 4.74. The molecule has 0 atom stereocenters. The zero-order valence-electron chi connectivity index (χ0n) is 19.0. The smallest absolute Gasteiger partial charge is 0.128 e. The lowest BCUT2D eigenvalue weighted by Gasteiger charge is -2.16. The maximum Gasteiger partial charge on any atom is 0.128 e. The molecule has 1 aliphatic carbocycles. The lowest BCUT2D eigenvalue weighted by Crippen LogP contribution is -2.14. The summed E-state index contributed by atoms with van der Waals surface area (Å²) in [4.78, 5) is 7.65. The SMILES string of the molecule is CCN(C)C=Nc1cc(F)c(Cc2scc(-c3ccc4c(c3)CCCC4)c2C)cc1C. The van der Waals surface area contributed by atoms with E-state index in [4.69, 9.17) is 0 Å². The topological polar surface area (TPSA) is 15.6 Å². The van der Waals surface area contributed by atoms with Gasteiger partial charge in [0, 0.05) is 31.0 Å². The van der Waals surface area contributed by atoms with Gasteiger partial charge < -0.3 is 4.90 Å². The first-order valence-electron chi connectivity index (χ1n) is 11.2. The summed E-state index contributed by atoms with van der Waals surface area (Å²) in [6.07, 6.45) is 7.36. The average Bonchev–Trinajstić information content (AvgIpc) is 3.14. The van der Waals surface area contributed by atoms with Crippen molar-refractivity contribution < 1.29 is 4.39 Å². The van der Waals surface area contributed by atoms with Gasteiger partial charge in [-0.05, 0) is 90.8 Å². The van der Waals surface area contributed by atoms with E-state index in [1.165, 1.54) is 58.4 Å². The van der Waals surface area contributed by atoms with Crippen molar-refractivity contribution in [1.29, 1.82) is 0 Å². The second-order valence-electron chi connectivity index (χ2n) is 8.61. The maximum atomic E-state index is 14.9. The summed E-state index contributed by atoms with van der Waals surface area (Å²) in [5.41, 5.74) is 9.29. The molecule has 0 radical (unpaired) electrons. The average molecular weight is 435 g/mol. The number of hydrogen-bond acceptors (Lipinski definition) is 2. The van der Waals surface area contributed by atoms with Gasteiger partial charge >= 0.3 is 0 Å². The highest BCUT2D eigenvalue weighted by atomic mass is 32.1. The number of halogens is 1. The third-order valence-corrected chi connectivity index (χ3v) is 7.50. The highest BCUT2D eigenvalue weighted by Crippen LogP contribution is 2.35. The molecule has 162 valence electrons. The lowest BCUT2D eigenvalue weighted by molar-refractivity contribution is 0.552. The molecule has 0 aliphatic heterocycles. The minimum Gasteiger partial charge on any atom is -0.366 e. The second kappa shape index (κ2) is 9.35. The molecule has 1 heterocycles. The van der Waals surface area contributed by atoms with Crippen molar-refractivity contribution in [1.82, 2.24) is 4.90 Å². The number of fused-ring (bicyclic) bond motifs is 1. The van der Waals surface area contributed by atoms with Crippen LogP contribution in [0.25, 0.3) is 11.1 Å². The van der Waals surface area contributed by atoms with Crippen molar-refractivity contribution in [3.63, 3.8) is 0 Å². The third-order valence-electron chi connectivity index (χ3n) is 6.41. The van der Waals surface area contributed by atoms with Crippen molar-refractivity contribution in [3.8, 4) is 11.1 Å². The molecule has 31 heavy (non-hydrogen) atoms. The quantitative estimate of drug-likeness (QED) is 0.295. The largest absolute Gasteiger partial charge is 0.366 e. The van der Waals surface area contributed by atoms with Crippen molar-refractivity contribution in [2.45, 2.75) is 52.9 Å². The Kier molecular flexibility index (Phi) is 6.57. The summed E-state index contributed by atoms with van der Waals surface area (Å²) in [6.45, 7) is 7.10. The summed E-state index contributed by atoms with van der Waals surface area (Å²) in [7, 11) is 1.96. The van der Waals surface area contributed by atoms with E-state index >= 15 is 0 Å². The zero-order valence-corrected chi connectivity index (χ0v) is 19.8.